The molecule has 0 atom stereocenters. The molecule has 0 unspecified atom stereocenters. The van der Waals surface area contributed by atoms with Gasteiger partial charge in [0, 0.05) is 13.0 Å². The Morgan fingerprint density at radius 1 is 1.23 bits per heavy atom. The van der Waals surface area contributed by atoms with Crippen molar-refractivity contribution < 1.29 is 4.42 Å². The highest BCUT2D eigenvalue weighted by Gasteiger charge is 2.09. The van der Waals surface area contributed by atoms with Gasteiger partial charge in [-0.3, -0.25) is 5.10 Å². The molecule has 0 aliphatic carbocycles. The van der Waals surface area contributed by atoms with Crippen molar-refractivity contribution in [3.05, 3.63) is 36.9 Å². The summed E-state index contributed by atoms with van der Waals surface area (Å²) in [5, 5.41) is 10.3. The van der Waals surface area contributed by atoms with Crippen LogP contribution >= 0.6 is 0 Å². The normalized spacial score (nSPS) is 11.1. The standard InChI is InChI=1S/C13H12N8O/c1-2-8(22-5-1)11-19-9(20-21-11)3-4-14-12-10-13(16-6-15-10)18-7-17-12/h1-2,5-7H,3-4H2,(H,19,20,21)(H2,14,15,16,17,18). The number of rotatable bonds is 5. The largest absolute Gasteiger partial charge is 0.461 e. The van der Waals surface area contributed by atoms with Crippen molar-refractivity contribution in [2.24, 2.45) is 0 Å². The highest BCUT2D eigenvalue weighted by atomic mass is 16.3. The second kappa shape index (κ2) is 5.28. The predicted octanol–water partition coefficient (Wildman–Crippen LogP) is 1.39. The Balaban J connectivity index is 1.42. The lowest BCUT2D eigenvalue weighted by molar-refractivity contribution is 0.577. The smallest absolute Gasteiger partial charge is 0.216 e. The summed E-state index contributed by atoms with van der Waals surface area (Å²) in [6.07, 6.45) is 5.34. The van der Waals surface area contributed by atoms with Crippen molar-refractivity contribution in [2.45, 2.75) is 6.42 Å². The minimum atomic E-state index is 0.554. The van der Waals surface area contributed by atoms with Gasteiger partial charge in [-0.1, -0.05) is 0 Å². The molecule has 22 heavy (non-hydrogen) atoms. The van der Waals surface area contributed by atoms with Crippen LogP contribution in [0.25, 0.3) is 22.7 Å². The first kappa shape index (κ1) is 12.5. The van der Waals surface area contributed by atoms with Crippen LogP contribution in [0.5, 0.6) is 0 Å². The molecule has 0 saturated heterocycles. The van der Waals surface area contributed by atoms with Crippen molar-refractivity contribution in [1.82, 2.24) is 35.1 Å². The Kier molecular flexibility index (Phi) is 3.00. The molecule has 0 fully saturated rings. The SMILES string of the molecule is c1coc(-c2n[nH]c(CCNc3ncnc4nc[nH]c34)n2)c1. The molecule has 4 aromatic heterocycles. The van der Waals surface area contributed by atoms with Crippen LogP contribution in [0.3, 0.4) is 0 Å². The van der Waals surface area contributed by atoms with E-state index >= 15 is 0 Å². The average molecular weight is 296 g/mol. The highest BCUT2D eigenvalue weighted by Crippen LogP contribution is 2.16. The molecule has 4 aromatic rings. The molecule has 0 amide bonds. The van der Waals surface area contributed by atoms with E-state index in [0.29, 0.717) is 36.0 Å². The van der Waals surface area contributed by atoms with Gasteiger partial charge in [0.15, 0.2) is 17.2 Å². The molecule has 0 aromatic carbocycles. The van der Waals surface area contributed by atoms with Crippen LogP contribution in [0.4, 0.5) is 5.82 Å². The zero-order chi connectivity index (χ0) is 14.8. The number of furan rings is 1. The van der Waals surface area contributed by atoms with Crippen LogP contribution in [0.1, 0.15) is 5.82 Å². The van der Waals surface area contributed by atoms with Crippen LogP contribution < -0.4 is 5.32 Å². The summed E-state index contributed by atoms with van der Waals surface area (Å²) in [6, 6.07) is 3.62. The maximum Gasteiger partial charge on any atom is 0.216 e. The van der Waals surface area contributed by atoms with Gasteiger partial charge in [0.2, 0.25) is 5.82 Å². The number of aromatic nitrogens is 7. The topological polar surface area (TPSA) is 121 Å². The minimum Gasteiger partial charge on any atom is -0.461 e. The summed E-state index contributed by atoms with van der Waals surface area (Å²) >= 11 is 0. The molecule has 0 saturated carbocycles. The van der Waals surface area contributed by atoms with Crippen molar-refractivity contribution >= 4 is 17.0 Å². The Bertz CT molecular complexity index is 878. The lowest BCUT2D eigenvalue weighted by Crippen LogP contribution is -2.08. The Morgan fingerprint density at radius 3 is 3.14 bits per heavy atom. The van der Waals surface area contributed by atoms with Crippen molar-refractivity contribution in [3.8, 4) is 11.6 Å². The van der Waals surface area contributed by atoms with Gasteiger partial charge in [0.05, 0.1) is 12.6 Å². The molecule has 4 heterocycles. The summed E-state index contributed by atoms with van der Waals surface area (Å²) in [7, 11) is 0. The Hall–Kier alpha value is -3.23. The molecule has 0 aliphatic rings. The number of hydrogen-bond donors (Lipinski definition) is 3. The number of nitrogens with one attached hydrogen (secondary N) is 3. The molecule has 0 bridgehead atoms. The molecule has 3 N–H and O–H groups in total. The first-order valence-corrected chi connectivity index (χ1v) is 6.73. The summed E-state index contributed by atoms with van der Waals surface area (Å²) in [5.74, 6) is 2.69. The third-order valence-corrected chi connectivity index (χ3v) is 3.15. The van der Waals surface area contributed by atoms with Gasteiger partial charge in [0.25, 0.3) is 0 Å². The molecule has 0 spiro atoms. The zero-order valence-corrected chi connectivity index (χ0v) is 11.4. The zero-order valence-electron chi connectivity index (χ0n) is 11.4. The molecule has 9 nitrogen and oxygen atoms in total. The maximum absolute atomic E-state index is 5.26. The van der Waals surface area contributed by atoms with Gasteiger partial charge < -0.3 is 14.7 Å². The lowest BCUT2D eigenvalue weighted by Gasteiger charge is -2.03. The Morgan fingerprint density at radius 2 is 2.23 bits per heavy atom. The van der Waals surface area contributed by atoms with E-state index < -0.39 is 0 Å². The van der Waals surface area contributed by atoms with Crippen molar-refractivity contribution in [2.75, 3.05) is 11.9 Å². The number of aromatic amines is 2. The molecular formula is C13H12N8O. The van der Waals surface area contributed by atoms with Gasteiger partial charge in [-0.05, 0) is 12.1 Å². The molecule has 0 aliphatic heterocycles. The van der Waals surface area contributed by atoms with Gasteiger partial charge >= 0.3 is 0 Å². The summed E-state index contributed by atoms with van der Waals surface area (Å²) in [4.78, 5) is 19.8. The Labute approximate surface area is 124 Å². The average Bonchev–Trinajstić information content (AvgIpc) is 3.28. The van der Waals surface area contributed by atoms with Crippen LogP contribution in [0.2, 0.25) is 0 Å². The number of anilines is 1. The molecule has 0 radical (unpaired) electrons. The number of fused-ring (bicyclic) bond motifs is 1. The van der Waals surface area contributed by atoms with E-state index in [1.54, 1.807) is 18.7 Å². The van der Waals surface area contributed by atoms with Gasteiger partial charge in [-0.25, -0.2) is 19.9 Å². The van der Waals surface area contributed by atoms with Gasteiger partial charge in [0.1, 0.15) is 17.7 Å². The molecular weight excluding hydrogens is 284 g/mol. The highest BCUT2D eigenvalue weighted by molar-refractivity contribution is 5.81. The first-order valence-electron chi connectivity index (χ1n) is 6.73. The van der Waals surface area contributed by atoms with Crippen molar-refractivity contribution in [3.63, 3.8) is 0 Å². The second-order valence-corrected chi connectivity index (χ2v) is 4.58. The van der Waals surface area contributed by atoms with Gasteiger partial charge in [-0.2, -0.15) is 5.10 Å². The fourth-order valence-corrected chi connectivity index (χ4v) is 2.12. The number of imidazole rings is 1. The number of hydrogen-bond acceptors (Lipinski definition) is 7. The third-order valence-electron chi connectivity index (χ3n) is 3.15. The fraction of sp³-hybridized carbons (Fsp3) is 0.154. The third kappa shape index (κ3) is 2.28. The fourth-order valence-electron chi connectivity index (χ4n) is 2.12. The maximum atomic E-state index is 5.26. The van der Waals surface area contributed by atoms with Gasteiger partial charge in [-0.15, -0.1) is 0 Å². The quantitative estimate of drug-likeness (QED) is 0.508. The second-order valence-electron chi connectivity index (χ2n) is 4.58. The number of nitrogens with zero attached hydrogens (tertiary/aromatic N) is 5. The predicted molar refractivity (Wildman–Crippen MR) is 78.0 cm³/mol. The van der Waals surface area contributed by atoms with Crippen LogP contribution in [-0.4, -0.2) is 41.7 Å². The number of H-pyrrole nitrogens is 2. The molecule has 4 rings (SSSR count). The summed E-state index contributed by atoms with van der Waals surface area (Å²) in [5.41, 5.74) is 1.42. The van der Waals surface area contributed by atoms with Crippen LogP contribution in [0.15, 0.2) is 35.5 Å². The summed E-state index contributed by atoms with van der Waals surface area (Å²) < 4.78 is 5.26. The molecule has 9 heteroatoms. The van der Waals surface area contributed by atoms with Crippen molar-refractivity contribution in [1.29, 1.82) is 0 Å². The monoisotopic (exact) mass is 296 g/mol. The van der Waals surface area contributed by atoms with E-state index in [2.05, 4.69) is 40.4 Å². The van der Waals surface area contributed by atoms with Crippen LogP contribution in [-0.2, 0) is 6.42 Å². The van der Waals surface area contributed by atoms with Crippen LogP contribution in [0, 0.1) is 0 Å². The summed E-state index contributed by atoms with van der Waals surface area (Å²) in [6.45, 7) is 0.651. The van der Waals surface area contributed by atoms with E-state index in [9.17, 15) is 0 Å². The van der Waals surface area contributed by atoms with E-state index in [-0.39, 0.29) is 0 Å². The molecule has 110 valence electrons. The first-order chi connectivity index (χ1) is 10.9. The lowest BCUT2D eigenvalue weighted by atomic mass is 10.4. The van der Waals surface area contributed by atoms with E-state index in [1.807, 2.05) is 6.07 Å². The van der Waals surface area contributed by atoms with E-state index in [1.165, 1.54) is 6.33 Å². The van der Waals surface area contributed by atoms with E-state index in [4.69, 9.17) is 4.42 Å². The minimum absolute atomic E-state index is 0.554. The van der Waals surface area contributed by atoms with E-state index in [0.717, 1.165) is 11.3 Å².